The van der Waals surface area contributed by atoms with Gasteiger partial charge in [-0.05, 0) is 31.6 Å². The molecule has 0 radical (unpaired) electrons. The summed E-state index contributed by atoms with van der Waals surface area (Å²) in [7, 11) is 0. The zero-order valence-electron chi connectivity index (χ0n) is 10.0. The van der Waals surface area contributed by atoms with Crippen LogP contribution in [0.15, 0.2) is 0 Å². The standard InChI is InChI=1S/C12H23F2NO/c1-2-3-10-4-6-11(7-5-10)15-8-12(13,14)9-16/h10-11,15-16H,2-9H2,1H3. The molecule has 0 amide bonds. The van der Waals surface area contributed by atoms with Crippen LogP contribution in [0.2, 0.25) is 0 Å². The van der Waals surface area contributed by atoms with Crippen molar-refractivity contribution in [2.75, 3.05) is 13.2 Å². The van der Waals surface area contributed by atoms with E-state index in [1.165, 1.54) is 12.8 Å². The van der Waals surface area contributed by atoms with E-state index in [1.54, 1.807) is 0 Å². The fourth-order valence-corrected chi connectivity index (χ4v) is 2.41. The summed E-state index contributed by atoms with van der Waals surface area (Å²) in [4.78, 5) is 0. The number of nitrogens with one attached hydrogen (secondary N) is 1. The second-order valence-corrected chi connectivity index (χ2v) is 4.90. The maximum Gasteiger partial charge on any atom is 0.282 e. The van der Waals surface area contributed by atoms with Crippen molar-refractivity contribution in [3.8, 4) is 0 Å². The summed E-state index contributed by atoms with van der Waals surface area (Å²) in [6.07, 6.45) is 6.76. The summed E-state index contributed by atoms with van der Waals surface area (Å²) in [6.45, 7) is 0.726. The zero-order valence-corrected chi connectivity index (χ0v) is 10.0. The molecule has 4 heteroatoms. The molecule has 96 valence electrons. The van der Waals surface area contributed by atoms with Crippen molar-refractivity contribution in [2.24, 2.45) is 5.92 Å². The van der Waals surface area contributed by atoms with Gasteiger partial charge in [0.2, 0.25) is 0 Å². The maximum absolute atomic E-state index is 12.8. The predicted octanol–water partition coefficient (Wildman–Crippen LogP) is 2.56. The molecule has 0 heterocycles. The van der Waals surface area contributed by atoms with Gasteiger partial charge in [0.25, 0.3) is 5.92 Å². The second kappa shape index (κ2) is 6.50. The number of alkyl halides is 2. The second-order valence-electron chi connectivity index (χ2n) is 4.90. The van der Waals surface area contributed by atoms with Crippen LogP contribution in [0.25, 0.3) is 0 Å². The van der Waals surface area contributed by atoms with E-state index in [0.717, 1.165) is 31.6 Å². The van der Waals surface area contributed by atoms with Crippen LogP contribution < -0.4 is 5.32 Å². The van der Waals surface area contributed by atoms with Crippen LogP contribution in [0, 0.1) is 5.92 Å². The quantitative estimate of drug-likeness (QED) is 0.741. The molecule has 0 aliphatic heterocycles. The predicted molar refractivity (Wildman–Crippen MR) is 60.7 cm³/mol. The molecule has 1 fully saturated rings. The minimum atomic E-state index is -2.97. The zero-order chi connectivity index (χ0) is 12.0. The lowest BCUT2D eigenvalue weighted by atomic mass is 9.83. The minimum Gasteiger partial charge on any atom is -0.390 e. The van der Waals surface area contributed by atoms with Gasteiger partial charge in [0.1, 0.15) is 6.61 Å². The van der Waals surface area contributed by atoms with E-state index in [-0.39, 0.29) is 6.04 Å². The van der Waals surface area contributed by atoms with Gasteiger partial charge in [-0.3, -0.25) is 0 Å². The smallest absolute Gasteiger partial charge is 0.282 e. The van der Waals surface area contributed by atoms with Crippen LogP contribution >= 0.6 is 0 Å². The Hall–Kier alpha value is -0.220. The van der Waals surface area contributed by atoms with Gasteiger partial charge in [-0.15, -0.1) is 0 Å². The lowest BCUT2D eigenvalue weighted by molar-refractivity contribution is -0.0502. The van der Waals surface area contributed by atoms with Gasteiger partial charge in [0.05, 0.1) is 6.54 Å². The Balaban J connectivity index is 2.17. The van der Waals surface area contributed by atoms with E-state index < -0.39 is 19.1 Å². The van der Waals surface area contributed by atoms with E-state index in [0.29, 0.717) is 0 Å². The van der Waals surface area contributed by atoms with Gasteiger partial charge >= 0.3 is 0 Å². The molecule has 1 saturated carbocycles. The van der Waals surface area contributed by atoms with E-state index in [4.69, 9.17) is 5.11 Å². The van der Waals surface area contributed by atoms with E-state index in [1.807, 2.05) is 0 Å². The molecular weight excluding hydrogens is 212 g/mol. The number of halogens is 2. The first-order chi connectivity index (χ1) is 7.57. The Bertz CT molecular complexity index is 191. The Morgan fingerprint density at radius 2 is 1.88 bits per heavy atom. The lowest BCUT2D eigenvalue weighted by Gasteiger charge is -2.30. The number of rotatable bonds is 6. The highest BCUT2D eigenvalue weighted by Gasteiger charge is 2.29. The van der Waals surface area contributed by atoms with Crippen LogP contribution in [0.1, 0.15) is 45.4 Å². The van der Waals surface area contributed by atoms with Gasteiger partial charge in [-0.25, -0.2) is 8.78 Å². The number of aliphatic hydroxyl groups excluding tert-OH is 1. The van der Waals surface area contributed by atoms with Crippen LogP contribution in [-0.2, 0) is 0 Å². The third kappa shape index (κ3) is 4.74. The van der Waals surface area contributed by atoms with Gasteiger partial charge in [0, 0.05) is 6.04 Å². The summed E-state index contributed by atoms with van der Waals surface area (Å²) >= 11 is 0. The Kier molecular flexibility index (Phi) is 5.62. The molecule has 0 aromatic heterocycles. The van der Waals surface area contributed by atoms with Crippen LogP contribution in [0.3, 0.4) is 0 Å². The number of hydrogen-bond acceptors (Lipinski definition) is 2. The van der Waals surface area contributed by atoms with E-state index in [2.05, 4.69) is 12.2 Å². The molecule has 0 spiro atoms. The Morgan fingerprint density at radius 1 is 1.25 bits per heavy atom. The number of hydrogen-bond donors (Lipinski definition) is 2. The minimum absolute atomic E-state index is 0.213. The third-order valence-corrected chi connectivity index (χ3v) is 3.42. The fourth-order valence-electron chi connectivity index (χ4n) is 2.41. The van der Waals surface area contributed by atoms with Crippen LogP contribution in [0.4, 0.5) is 8.78 Å². The molecule has 0 aromatic carbocycles. The van der Waals surface area contributed by atoms with Crippen molar-refractivity contribution < 1.29 is 13.9 Å². The highest BCUT2D eigenvalue weighted by molar-refractivity contribution is 4.79. The largest absolute Gasteiger partial charge is 0.390 e. The van der Waals surface area contributed by atoms with Crippen molar-refractivity contribution in [3.05, 3.63) is 0 Å². The lowest BCUT2D eigenvalue weighted by Crippen LogP contribution is -2.42. The summed E-state index contributed by atoms with van der Waals surface area (Å²) in [5.74, 6) is -2.18. The Labute approximate surface area is 96.4 Å². The highest BCUT2D eigenvalue weighted by Crippen LogP contribution is 2.28. The van der Waals surface area contributed by atoms with Gasteiger partial charge < -0.3 is 10.4 Å². The van der Waals surface area contributed by atoms with Crippen molar-refractivity contribution in [1.82, 2.24) is 5.32 Å². The van der Waals surface area contributed by atoms with Crippen molar-refractivity contribution >= 4 is 0 Å². The molecular formula is C12H23F2NO. The molecule has 0 bridgehead atoms. The molecule has 16 heavy (non-hydrogen) atoms. The SMILES string of the molecule is CCCC1CCC(NCC(F)(F)CO)CC1. The average molecular weight is 235 g/mol. The summed E-state index contributed by atoms with van der Waals surface area (Å²) < 4.78 is 25.6. The van der Waals surface area contributed by atoms with E-state index >= 15 is 0 Å². The fraction of sp³-hybridized carbons (Fsp3) is 1.00. The molecule has 0 unspecified atom stereocenters. The summed E-state index contributed by atoms with van der Waals surface area (Å²) in [5.41, 5.74) is 0. The molecule has 2 nitrogen and oxygen atoms in total. The average Bonchev–Trinajstić information content (AvgIpc) is 2.29. The molecule has 1 aliphatic rings. The molecule has 2 N–H and O–H groups in total. The highest BCUT2D eigenvalue weighted by atomic mass is 19.3. The maximum atomic E-state index is 12.8. The first kappa shape index (κ1) is 13.8. The summed E-state index contributed by atoms with van der Waals surface area (Å²) in [5, 5.41) is 11.3. The molecule has 1 aliphatic carbocycles. The first-order valence-corrected chi connectivity index (χ1v) is 6.29. The first-order valence-electron chi connectivity index (χ1n) is 6.29. The van der Waals surface area contributed by atoms with Crippen molar-refractivity contribution in [1.29, 1.82) is 0 Å². The van der Waals surface area contributed by atoms with Crippen LogP contribution in [-0.4, -0.2) is 30.2 Å². The summed E-state index contributed by atoms with van der Waals surface area (Å²) in [6, 6.07) is 0.213. The van der Waals surface area contributed by atoms with Gasteiger partial charge in [0.15, 0.2) is 0 Å². The molecule has 0 atom stereocenters. The van der Waals surface area contributed by atoms with Gasteiger partial charge in [-0.2, -0.15) is 0 Å². The topological polar surface area (TPSA) is 32.3 Å². The van der Waals surface area contributed by atoms with Crippen LogP contribution in [0.5, 0.6) is 0 Å². The van der Waals surface area contributed by atoms with Gasteiger partial charge in [-0.1, -0.05) is 19.8 Å². The molecule has 1 rings (SSSR count). The monoisotopic (exact) mass is 235 g/mol. The van der Waals surface area contributed by atoms with Crippen molar-refractivity contribution in [2.45, 2.75) is 57.4 Å². The molecule has 0 saturated heterocycles. The number of aliphatic hydroxyl groups is 1. The third-order valence-electron chi connectivity index (χ3n) is 3.42. The normalized spacial score (nSPS) is 27.0. The van der Waals surface area contributed by atoms with E-state index in [9.17, 15) is 8.78 Å². The Morgan fingerprint density at radius 3 is 2.38 bits per heavy atom. The van der Waals surface area contributed by atoms with Crippen molar-refractivity contribution in [3.63, 3.8) is 0 Å². The molecule has 0 aromatic rings.